The van der Waals surface area contributed by atoms with Crippen LogP contribution < -0.4 is 16.7 Å². The smallest absolute Gasteiger partial charge is 0.335 e. The van der Waals surface area contributed by atoms with Gasteiger partial charge in [0.25, 0.3) is 5.91 Å². The molecule has 0 aliphatic heterocycles. The Hall–Kier alpha value is -2.84. The standard InChI is InChI=1S/C16H14N2O3/c1-11-4-6-14(9-12(11)3-2-8-17)18-16(20)13-5-7-15(19)21-10-13/h4-7,9-10H,8,17H2,1H3,(H,18,20). The molecule has 1 aromatic heterocycles. The Morgan fingerprint density at radius 3 is 2.81 bits per heavy atom. The van der Waals surface area contributed by atoms with Crippen LogP contribution in [0.4, 0.5) is 5.69 Å². The molecule has 0 saturated heterocycles. The van der Waals surface area contributed by atoms with E-state index >= 15 is 0 Å². The van der Waals surface area contributed by atoms with Crippen LogP contribution in [0.5, 0.6) is 0 Å². The summed E-state index contributed by atoms with van der Waals surface area (Å²) in [6, 6.07) is 8.02. The van der Waals surface area contributed by atoms with Gasteiger partial charge in [0.05, 0.1) is 12.1 Å². The summed E-state index contributed by atoms with van der Waals surface area (Å²) in [5.41, 5.74) is 7.54. The van der Waals surface area contributed by atoms with Crippen molar-refractivity contribution in [1.29, 1.82) is 0 Å². The minimum Gasteiger partial charge on any atom is -0.430 e. The Labute approximate surface area is 121 Å². The average molecular weight is 282 g/mol. The molecular weight excluding hydrogens is 268 g/mol. The van der Waals surface area contributed by atoms with Crippen molar-refractivity contribution in [3.8, 4) is 11.8 Å². The molecule has 2 rings (SSSR count). The van der Waals surface area contributed by atoms with E-state index in [-0.39, 0.29) is 18.0 Å². The van der Waals surface area contributed by atoms with Crippen LogP contribution in [0.2, 0.25) is 0 Å². The predicted molar refractivity (Wildman–Crippen MR) is 80.0 cm³/mol. The molecule has 1 aromatic carbocycles. The van der Waals surface area contributed by atoms with Gasteiger partial charge in [0.1, 0.15) is 6.26 Å². The van der Waals surface area contributed by atoms with Gasteiger partial charge in [0.2, 0.25) is 0 Å². The molecule has 0 atom stereocenters. The molecule has 106 valence electrons. The summed E-state index contributed by atoms with van der Waals surface area (Å²) in [4.78, 5) is 22.9. The van der Waals surface area contributed by atoms with Gasteiger partial charge >= 0.3 is 5.63 Å². The molecule has 0 radical (unpaired) electrons. The third-order valence-corrected chi connectivity index (χ3v) is 2.78. The van der Waals surface area contributed by atoms with Crippen molar-refractivity contribution >= 4 is 11.6 Å². The van der Waals surface area contributed by atoms with Crippen LogP contribution in [-0.4, -0.2) is 12.5 Å². The lowest BCUT2D eigenvalue weighted by Crippen LogP contribution is -2.13. The minimum absolute atomic E-state index is 0.268. The van der Waals surface area contributed by atoms with Crippen LogP contribution in [0.3, 0.4) is 0 Å². The summed E-state index contributed by atoms with van der Waals surface area (Å²) in [5.74, 6) is 5.37. The number of carbonyl (C=O) groups excluding carboxylic acids is 1. The van der Waals surface area contributed by atoms with Gasteiger partial charge < -0.3 is 15.5 Å². The Morgan fingerprint density at radius 2 is 2.14 bits per heavy atom. The maximum atomic E-state index is 12.0. The second-order valence-electron chi connectivity index (χ2n) is 4.33. The predicted octanol–water partition coefficient (Wildman–Crippen LogP) is 1.51. The number of nitrogens with one attached hydrogen (secondary N) is 1. The van der Waals surface area contributed by atoms with Gasteiger partial charge in [-0.15, -0.1) is 0 Å². The maximum absolute atomic E-state index is 12.0. The van der Waals surface area contributed by atoms with Gasteiger partial charge in [-0.2, -0.15) is 0 Å². The second-order valence-corrected chi connectivity index (χ2v) is 4.33. The van der Waals surface area contributed by atoms with Crippen molar-refractivity contribution < 1.29 is 9.21 Å². The first-order valence-electron chi connectivity index (χ1n) is 6.30. The van der Waals surface area contributed by atoms with Crippen LogP contribution in [0.25, 0.3) is 0 Å². The number of rotatable bonds is 2. The van der Waals surface area contributed by atoms with E-state index in [4.69, 9.17) is 5.73 Å². The molecule has 5 nitrogen and oxygen atoms in total. The first-order chi connectivity index (χ1) is 10.1. The third kappa shape index (κ3) is 3.81. The van der Waals surface area contributed by atoms with Crippen LogP contribution in [0, 0.1) is 18.8 Å². The molecule has 0 fully saturated rings. The zero-order chi connectivity index (χ0) is 15.2. The largest absolute Gasteiger partial charge is 0.430 e. The van der Waals surface area contributed by atoms with Gasteiger partial charge in [-0.3, -0.25) is 4.79 Å². The van der Waals surface area contributed by atoms with E-state index in [0.29, 0.717) is 5.69 Å². The van der Waals surface area contributed by atoms with E-state index < -0.39 is 5.63 Å². The Bertz CT molecular complexity index is 762. The molecule has 5 heteroatoms. The number of aryl methyl sites for hydroxylation is 1. The van der Waals surface area contributed by atoms with E-state index in [1.54, 1.807) is 12.1 Å². The minimum atomic E-state index is -0.499. The maximum Gasteiger partial charge on any atom is 0.335 e. The summed E-state index contributed by atoms with van der Waals surface area (Å²) < 4.78 is 4.66. The first-order valence-corrected chi connectivity index (χ1v) is 6.30. The number of amides is 1. The molecule has 0 bridgehead atoms. The van der Waals surface area contributed by atoms with Crippen LogP contribution in [-0.2, 0) is 0 Å². The lowest BCUT2D eigenvalue weighted by atomic mass is 10.1. The summed E-state index contributed by atoms with van der Waals surface area (Å²) in [6.07, 6.45) is 1.13. The lowest BCUT2D eigenvalue weighted by molar-refractivity contribution is 0.102. The quantitative estimate of drug-likeness (QED) is 0.818. The van der Waals surface area contributed by atoms with Crippen molar-refractivity contribution in [2.24, 2.45) is 5.73 Å². The van der Waals surface area contributed by atoms with Crippen molar-refractivity contribution in [3.63, 3.8) is 0 Å². The summed E-state index contributed by atoms with van der Waals surface area (Å²) in [5, 5.41) is 2.72. The van der Waals surface area contributed by atoms with Gasteiger partial charge in [-0.25, -0.2) is 4.79 Å². The zero-order valence-electron chi connectivity index (χ0n) is 11.5. The molecule has 21 heavy (non-hydrogen) atoms. The molecule has 3 N–H and O–H groups in total. The Balaban J connectivity index is 2.21. The molecule has 0 aliphatic carbocycles. The third-order valence-electron chi connectivity index (χ3n) is 2.78. The number of hydrogen-bond acceptors (Lipinski definition) is 4. The van der Waals surface area contributed by atoms with E-state index in [1.165, 1.54) is 12.1 Å². The fourth-order valence-electron chi connectivity index (χ4n) is 1.67. The van der Waals surface area contributed by atoms with Gasteiger partial charge in [-0.1, -0.05) is 17.9 Å². The molecule has 0 saturated carbocycles. The Morgan fingerprint density at radius 1 is 1.33 bits per heavy atom. The number of carbonyl (C=O) groups is 1. The van der Waals surface area contributed by atoms with Crippen LogP contribution in [0.1, 0.15) is 21.5 Å². The molecule has 0 unspecified atom stereocenters. The Kier molecular flexibility index (Phi) is 4.54. The lowest BCUT2D eigenvalue weighted by Gasteiger charge is -2.06. The van der Waals surface area contributed by atoms with Gasteiger partial charge in [0.15, 0.2) is 0 Å². The fraction of sp³-hybridized carbons (Fsp3) is 0.125. The number of anilines is 1. The average Bonchev–Trinajstić information content (AvgIpc) is 2.48. The van der Waals surface area contributed by atoms with E-state index in [0.717, 1.165) is 17.4 Å². The summed E-state index contributed by atoms with van der Waals surface area (Å²) >= 11 is 0. The van der Waals surface area contributed by atoms with Crippen LogP contribution in [0.15, 0.2) is 45.8 Å². The highest BCUT2D eigenvalue weighted by atomic mass is 16.4. The molecule has 2 aromatic rings. The van der Waals surface area contributed by atoms with E-state index in [1.807, 2.05) is 13.0 Å². The highest BCUT2D eigenvalue weighted by Crippen LogP contribution is 2.15. The zero-order valence-corrected chi connectivity index (χ0v) is 11.5. The SMILES string of the molecule is Cc1ccc(NC(=O)c2ccc(=O)oc2)cc1C#CCN. The first kappa shape index (κ1) is 14.6. The molecule has 1 amide bonds. The van der Waals surface area contributed by atoms with Crippen molar-refractivity contribution in [3.05, 3.63) is 63.7 Å². The molecule has 1 heterocycles. The number of benzene rings is 1. The normalized spacial score (nSPS) is 9.62. The van der Waals surface area contributed by atoms with Crippen molar-refractivity contribution in [2.45, 2.75) is 6.92 Å². The fourth-order valence-corrected chi connectivity index (χ4v) is 1.67. The van der Waals surface area contributed by atoms with Gasteiger partial charge in [0, 0.05) is 17.3 Å². The number of nitrogens with two attached hydrogens (primary N) is 1. The van der Waals surface area contributed by atoms with E-state index in [9.17, 15) is 9.59 Å². The topological polar surface area (TPSA) is 85.3 Å². The molecule has 0 spiro atoms. The monoisotopic (exact) mass is 282 g/mol. The highest BCUT2D eigenvalue weighted by Gasteiger charge is 2.07. The van der Waals surface area contributed by atoms with Crippen molar-refractivity contribution in [1.82, 2.24) is 0 Å². The highest BCUT2D eigenvalue weighted by molar-refractivity contribution is 6.04. The molecular formula is C16H14N2O3. The molecule has 0 aliphatic rings. The van der Waals surface area contributed by atoms with Crippen molar-refractivity contribution in [2.75, 3.05) is 11.9 Å². The van der Waals surface area contributed by atoms with E-state index in [2.05, 4.69) is 21.6 Å². The number of hydrogen-bond donors (Lipinski definition) is 2. The summed E-state index contributed by atoms with van der Waals surface area (Å²) in [7, 11) is 0. The second kappa shape index (κ2) is 6.55. The summed E-state index contributed by atoms with van der Waals surface area (Å²) in [6.45, 7) is 2.21. The van der Waals surface area contributed by atoms with Gasteiger partial charge in [-0.05, 0) is 30.7 Å². The van der Waals surface area contributed by atoms with Crippen LogP contribution >= 0.6 is 0 Å².